The molecule has 0 bridgehead atoms. The SMILES string of the molecule is COc1cc(C)c(C)c2c1O2. The van der Waals surface area contributed by atoms with Gasteiger partial charge in [0.25, 0.3) is 0 Å². The lowest BCUT2D eigenvalue weighted by Crippen LogP contribution is -1.81. The van der Waals surface area contributed by atoms with Gasteiger partial charge in [-0.2, -0.15) is 0 Å². The van der Waals surface area contributed by atoms with Crippen molar-refractivity contribution >= 4 is 0 Å². The molecule has 1 heterocycles. The van der Waals surface area contributed by atoms with Crippen LogP contribution in [-0.4, -0.2) is 7.11 Å². The molecule has 0 fully saturated rings. The van der Waals surface area contributed by atoms with E-state index in [9.17, 15) is 0 Å². The molecule has 0 aliphatic carbocycles. The summed E-state index contributed by atoms with van der Waals surface area (Å²) in [6, 6.07) is 2.00. The summed E-state index contributed by atoms with van der Waals surface area (Å²) < 4.78 is 10.4. The Morgan fingerprint density at radius 1 is 1.27 bits per heavy atom. The van der Waals surface area contributed by atoms with Crippen LogP contribution in [0.15, 0.2) is 6.07 Å². The van der Waals surface area contributed by atoms with E-state index in [0.717, 1.165) is 17.2 Å². The first-order valence-electron chi connectivity index (χ1n) is 3.60. The van der Waals surface area contributed by atoms with Crippen molar-refractivity contribution in [3.05, 3.63) is 17.2 Å². The smallest absolute Gasteiger partial charge is 0.212 e. The molecule has 0 saturated heterocycles. The fourth-order valence-corrected chi connectivity index (χ4v) is 1.19. The maximum Gasteiger partial charge on any atom is 0.212 e. The number of fused-ring (bicyclic) bond motifs is 1. The zero-order valence-electron chi connectivity index (χ0n) is 6.89. The van der Waals surface area contributed by atoms with Gasteiger partial charge >= 0.3 is 0 Å². The molecule has 1 aliphatic heterocycles. The Kier molecular flexibility index (Phi) is 1.13. The molecule has 0 amide bonds. The van der Waals surface area contributed by atoms with Gasteiger partial charge in [0.05, 0.1) is 7.11 Å². The third-order valence-electron chi connectivity index (χ3n) is 2.09. The summed E-state index contributed by atoms with van der Waals surface area (Å²) in [5, 5.41) is 0. The van der Waals surface area contributed by atoms with E-state index in [1.54, 1.807) is 7.11 Å². The van der Waals surface area contributed by atoms with Gasteiger partial charge in [0.1, 0.15) is 0 Å². The van der Waals surface area contributed by atoms with Gasteiger partial charge in [-0.3, -0.25) is 0 Å². The largest absolute Gasteiger partial charge is 0.493 e. The Bertz CT molecular complexity index is 312. The molecule has 11 heavy (non-hydrogen) atoms. The van der Waals surface area contributed by atoms with Crippen LogP contribution >= 0.6 is 0 Å². The zero-order chi connectivity index (χ0) is 8.01. The lowest BCUT2D eigenvalue weighted by Gasteiger charge is -1.97. The number of methoxy groups -OCH3 is 1. The van der Waals surface area contributed by atoms with Crippen molar-refractivity contribution in [2.24, 2.45) is 0 Å². The molecule has 0 spiro atoms. The van der Waals surface area contributed by atoms with Crippen LogP contribution in [0.25, 0.3) is 0 Å². The van der Waals surface area contributed by atoms with Gasteiger partial charge < -0.3 is 9.47 Å². The van der Waals surface area contributed by atoms with Crippen LogP contribution in [0, 0.1) is 13.8 Å². The van der Waals surface area contributed by atoms with E-state index in [4.69, 9.17) is 9.47 Å². The fourth-order valence-electron chi connectivity index (χ4n) is 1.19. The molecule has 0 saturated carbocycles. The molecular weight excluding hydrogens is 140 g/mol. The summed E-state index contributed by atoms with van der Waals surface area (Å²) >= 11 is 0. The maximum absolute atomic E-state index is 5.25. The molecule has 0 atom stereocenters. The number of rotatable bonds is 1. The Labute approximate surface area is 65.7 Å². The van der Waals surface area contributed by atoms with E-state index in [0.29, 0.717) is 0 Å². The standard InChI is InChI=1S/C9H10O2/c1-5-4-7(10-3)9-8(11-9)6(5)2/h4H,1-3H3. The average molecular weight is 150 g/mol. The van der Waals surface area contributed by atoms with Gasteiger partial charge in [-0.1, -0.05) is 0 Å². The summed E-state index contributed by atoms with van der Waals surface area (Å²) in [7, 11) is 1.66. The third-order valence-corrected chi connectivity index (χ3v) is 2.09. The minimum absolute atomic E-state index is 0.850. The van der Waals surface area contributed by atoms with Crippen molar-refractivity contribution in [1.82, 2.24) is 0 Å². The van der Waals surface area contributed by atoms with E-state index in [2.05, 4.69) is 13.8 Å². The molecule has 1 aliphatic rings. The van der Waals surface area contributed by atoms with Gasteiger partial charge in [0, 0.05) is 0 Å². The minimum atomic E-state index is 0.850. The summed E-state index contributed by atoms with van der Waals surface area (Å²) in [4.78, 5) is 0. The molecule has 58 valence electrons. The molecule has 2 rings (SSSR count). The number of hydrogen-bond donors (Lipinski definition) is 0. The van der Waals surface area contributed by atoms with E-state index in [-0.39, 0.29) is 0 Å². The van der Waals surface area contributed by atoms with E-state index >= 15 is 0 Å². The Hall–Kier alpha value is -1.18. The number of ether oxygens (including phenoxy) is 2. The lowest BCUT2D eigenvalue weighted by molar-refractivity contribution is 0.408. The minimum Gasteiger partial charge on any atom is -0.493 e. The second-order valence-electron chi connectivity index (χ2n) is 2.78. The van der Waals surface area contributed by atoms with Crippen LogP contribution < -0.4 is 9.47 Å². The molecule has 1 aromatic rings. The summed E-state index contributed by atoms with van der Waals surface area (Å²) in [6.45, 7) is 4.11. The molecule has 2 nitrogen and oxygen atoms in total. The Balaban J connectivity index is 2.59. The Morgan fingerprint density at radius 2 is 2.00 bits per heavy atom. The van der Waals surface area contributed by atoms with Gasteiger partial charge in [-0.05, 0) is 31.0 Å². The lowest BCUT2D eigenvalue weighted by atomic mass is 10.1. The second kappa shape index (κ2) is 1.91. The third kappa shape index (κ3) is 0.788. The van der Waals surface area contributed by atoms with Crippen molar-refractivity contribution in [2.75, 3.05) is 7.11 Å². The first kappa shape index (κ1) is 6.53. The Morgan fingerprint density at radius 3 is 2.64 bits per heavy atom. The first-order chi connectivity index (χ1) is 5.24. The molecule has 0 aromatic heterocycles. The quantitative estimate of drug-likeness (QED) is 0.582. The number of hydrogen-bond acceptors (Lipinski definition) is 2. The van der Waals surface area contributed by atoms with Crippen molar-refractivity contribution in [3.8, 4) is 17.2 Å². The fraction of sp³-hybridized carbons (Fsp3) is 0.333. The topological polar surface area (TPSA) is 21.8 Å². The monoisotopic (exact) mass is 150 g/mol. The highest BCUT2D eigenvalue weighted by molar-refractivity contribution is 5.68. The van der Waals surface area contributed by atoms with Crippen LogP contribution in [0.2, 0.25) is 0 Å². The highest BCUT2D eigenvalue weighted by Gasteiger charge is 2.29. The highest BCUT2D eigenvalue weighted by atomic mass is 16.6. The van der Waals surface area contributed by atoms with E-state index in [1.165, 1.54) is 11.1 Å². The molecule has 0 N–H and O–H groups in total. The predicted octanol–water partition coefficient (Wildman–Crippen LogP) is 2.42. The van der Waals surface area contributed by atoms with Crippen molar-refractivity contribution < 1.29 is 9.47 Å². The summed E-state index contributed by atoms with van der Waals surface area (Å²) in [5.74, 6) is 2.76. The number of benzene rings is 1. The van der Waals surface area contributed by atoms with Gasteiger partial charge in [-0.25, -0.2) is 0 Å². The summed E-state index contributed by atoms with van der Waals surface area (Å²) in [5.41, 5.74) is 2.44. The molecule has 0 radical (unpaired) electrons. The van der Waals surface area contributed by atoms with Crippen LogP contribution in [0.4, 0.5) is 0 Å². The second-order valence-corrected chi connectivity index (χ2v) is 2.78. The highest BCUT2D eigenvalue weighted by Crippen LogP contribution is 2.55. The van der Waals surface area contributed by atoms with Crippen molar-refractivity contribution in [2.45, 2.75) is 13.8 Å². The van der Waals surface area contributed by atoms with Crippen LogP contribution in [0.3, 0.4) is 0 Å². The molecule has 2 heteroatoms. The van der Waals surface area contributed by atoms with Crippen molar-refractivity contribution in [1.29, 1.82) is 0 Å². The zero-order valence-corrected chi connectivity index (χ0v) is 6.89. The van der Waals surface area contributed by atoms with Crippen LogP contribution in [-0.2, 0) is 0 Å². The molecule has 1 aromatic carbocycles. The first-order valence-corrected chi connectivity index (χ1v) is 3.60. The molecular formula is C9H10O2. The van der Waals surface area contributed by atoms with E-state index < -0.39 is 0 Å². The normalized spacial score (nSPS) is 11.9. The maximum atomic E-state index is 5.25. The summed E-state index contributed by atoms with van der Waals surface area (Å²) in [6.07, 6.45) is 0. The van der Waals surface area contributed by atoms with Crippen LogP contribution in [0.1, 0.15) is 11.1 Å². The predicted molar refractivity (Wildman–Crippen MR) is 42.5 cm³/mol. The molecule has 0 unspecified atom stereocenters. The van der Waals surface area contributed by atoms with E-state index in [1.807, 2.05) is 6.07 Å². The van der Waals surface area contributed by atoms with Crippen LogP contribution in [0.5, 0.6) is 17.2 Å². The van der Waals surface area contributed by atoms with Gasteiger partial charge in [0.2, 0.25) is 5.75 Å². The number of aryl methyl sites for hydroxylation is 1. The average Bonchev–Trinajstić information content (AvgIpc) is 2.76. The van der Waals surface area contributed by atoms with Gasteiger partial charge in [0.15, 0.2) is 11.5 Å². The van der Waals surface area contributed by atoms with Crippen molar-refractivity contribution in [3.63, 3.8) is 0 Å². The van der Waals surface area contributed by atoms with Gasteiger partial charge in [-0.15, -0.1) is 0 Å².